The molecule has 1 amide bonds. The second-order valence-corrected chi connectivity index (χ2v) is 18.0. The Labute approximate surface area is 372 Å². The van der Waals surface area contributed by atoms with Gasteiger partial charge in [-0.3, -0.25) is 24.3 Å². The summed E-state index contributed by atoms with van der Waals surface area (Å²) < 4.78 is 24.1. The standard InChI is InChI=1S/C49H60N4O11/c1-25-14-13-15-26(2)47(60)50-39-38-37(51-49(52-38)19-21-53(22-20-49)24-32-16-11-10-12-17-32)34-35(43(39)58)42(57)30(6)45-36(34)46(59)48(8,64-45)62-23-18-33(61-9)27(3)44(63-31(7)54)29(5)41(56)28(4)40(25)55/h10-18,23,25,27-29,33,40-41,44,51,55-58H,19-22,24H2,1-9H3/b14-13+,23-18+,26-15-,50-39?/t25-,27+,28+,29+,33-,40-,41+,44+,48-/m0/s1. The van der Waals surface area contributed by atoms with Gasteiger partial charge in [0.05, 0.1) is 41.2 Å². The van der Waals surface area contributed by atoms with Gasteiger partial charge >= 0.3 is 11.8 Å². The van der Waals surface area contributed by atoms with Crippen LogP contribution in [0.5, 0.6) is 17.2 Å². The van der Waals surface area contributed by atoms with E-state index in [0.29, 0.717) is 31.6 Å². The van der Waals surface area contributed by atoms with E-state index in [-0.39, 0.29) is 49.7 Å². The van der Waals surface area contributed by atoms with Crippen molar-refractivity contribution >= 4 is 34.1 Å². The van der Waals surface area contributed by atoms with Gasteiger partial charge in [-0.25, -0.2) is 4.99 Å². The second-order valence-electron chi connectivity index (χ2n) is 18.0. The van der Waals surface area contributed by atoms with E-state index in [1.165, 1.54) is 38.9 Å². The minimum absolute atomic E-state index is 0.0439. The molecule has 9 atom stereocenters. The summed E-state index contributed by atoms with van der Waals surface area (Å²) in [4.78, 5) is 53.1. The molecular weight excluding hydrogens is 821 g/mol. The van der Waals surface area contributed by atoms with Crippen LogP contribution in [0.15, 0.2) is 76.5 Å². The Morgan fingerprint density at radius 1 is 0.938 bits per heavy atom. The van der Waals surface area contributed by atoms with Crippen LogP contribution in [0, 0.1) is 30.6 Å². The molecule has 1 spiro atoms. The summed E-state index contributed by atoms with van der Waals surface area (Å²) in [6.45, 7) is 14.9. The lowest BCUT2D eigenvalue weighted by atomic mass is 9.78. The Bertz CT molecular complexity index is 2550. The van der Waals surface area contributed by atoms with Crippen molar-refractivity contribution in [3.05, 3.63) is 93.9 Å². The van der Waals surface area contributed by atoms with E-state index in [2.05, 4.69) is 27.3 Å². The maximum atomic E-state index is 14.8. The summed E-state index contributed by atoms with van der Waals surface area (Å²) in [5.74, 6) is -7.12. The fourth-order valence-electron chi connectivity index (χ4n) is 9.54. The maximum Gasteiger partial charge on any atom is 0.312 e. The Morgan fingerprint density at radius 2 is 1.62 bits per heavy atom. The zero-order valence-corrected chi connectivity index (χ0v) is 37.9. The number of piperidine rings is 1. The molecule has 3 aromatic carbocycles. The van der Waals surface area contributed by atoms with Crippen LogP contribution in [0.25, 0.3) is 10.8 Å². The van der Waals surface area contributed by atoms with Gasteiger partial charge in [-0.2, -0.15) is 0 Å². The van der Waals surface area contributed by atoms with E-state index in [0.717, 1.165) is 6.54 Å². The first kappa shape index (κ1) is 46.4. The minimum Gasteiger partial charge on any atom is -0.507 e. The normalized spacial score (nSPS) is 31.5. The number of aliphatic hydroxyl groups excluding tert-OH is 2. The van der Waals surface area contributed by atoms with Crippen molar-refractivity contribution in [2.45, 2.75) is 111 Å². The summed E-state index contributed by atoms with van der Waals surface area (Å²) in [7, 11) is 1.47. The number of Topliss-reactive ketones (excluding diaryl/α,β-unsaturated/α-hetero) is 1. The SMILES string of the molecule is CO[C@H]1/C=C/O[C@@]2(C)Oc3c(C)c(O)c4c(O)c(c5c(c4c3C2=O)NC2(CCN(Cc3ccccc3)CC2)N=5)=NC(=O)/C(C)=C\C=C\[C@H](C)[C@H](O)[C@@H](C)[C@@H](O)[C@@H](C)[C@H](OC(C)=O)[C@@H]1C. The van der Waals surface area contributed by atoms with Crippen LogP contribution in [0.4, 0.5) is 5.69 Å². The molecule has 4 aliphatic heterocycles. The molecule has 15 heteroatoms. The highest BCUT2D eigenvalue weighted by atomic mass is 16.7. The number of aromatic hydroxyl groups is 2. The van der Waals surface area contributed by atoms with Gasteiger partial charge in [-0.15, -0.1) is 0 Å². The van der Waals surface area contributed by atoms with Gasteiger partial charge in [-0.05, 0) is 25.5 Å². The van der Waals surface area contributed by atoms with Crippen molar-refractivity contribution in [1.82, 2.24) is 4.90 Å². The number of benzene rings is 3. The highest BCUT2D eigenvalue weighted by Gasteiger charge is 2.51. The number of phenols is 2. The quantitative estimate of drug-likeness (QED) is 0.167. The number of nitrogens with one attached hydrogen (secondary N) is 1. The number of rotatable bonds is 4. The fraction of sp³-hybridized carbons (Fsp3) is 0.490. The first-order valence-electron chi connectivity index (χ1n) is 21.9. The minimum atomic E-state index is -1.96. The maximum absolute atomic E-state index is 14.8. The number of fused-ring (bicyclic) bond motifs is 1. The van der Waals surface area contributed by atoms with Crippen molar-refractivity contribution in [2.24, 2.45) is 33.7 Å². The highest BCUT2D eigenvalue weighted by Crippen LogP contribution is 2.51. The number of methoxy groups -OCH3 is 1. The van der Waals surface area contributed by atoms with Crippen LogP contribution in [0.2, 0.25) is 0 Å². The number of esters is 1. The molecular formula is C49H60N4O11. The number of phenolic OH excluding ortho intramolecular Hbond substituents is 2. The van der Waals surface area contributed by atoms with Crippen molar-refractivity contribution < 1.29 is 53.8 Å². The van der Waals surface area contributed by atoms with E-state index < -0.39 is 82.9 Å². The summed E-state index contributed by atoms with van der Waals surface area (Å²) >= 11 is 0. The number of anilines is 1. The van der Waals surface area contributed by atoms with Crippen LogP contribution in [0.3, 0.4) is 0 Å². The number of carbonyl (C=O) groups is 3. The largest absolute Gasteiger partial charge is 0.507 e. The molecule has 0 saturated carbocycles. The van der Waals surface area contributed by atoms with Gasteiger partial charge in [0, 0.05) is 93.6 Å². The number of ether oxygens (including phenoxy) is 4. The highest BCUT2D eigenvalue weighted by molar-refractivity contribution is 6.21. The fourth-order valence-corrected chi connectivity index (χ4v) is 9.54. The summed E-state index contributed by atoms with van der Waals surface area (Å²) in [6, 6.07) is 10.2. The van der Waals surface area contributed by atoms with Gasteiger partial charge < -0.3 is 44.7 Å². The zero-order valence-electron chi connectivity index (χ0n) is 37.9. The number of allylic oxidation sites excluding steroid dienone is 2. The molecule has 4 heterocycles. The number of aliphatic hydroxyl groups is 2. The third-order valence-electron chi connectivity index (χ3n) is 13.5. The number of ketones is 1. The second kappa shape index (κ2) is 18.1. The molecule has 7 rings (SSSR count). The molecule has 0 aliphatic carbocycles. The Morgan fingerprint density at radius 3 is 2.28 bits per heavy atom. The lowest BCUT2D eigenvalue weighted by Crippen LogP contribution is -2.46. The number of hydrogen-bond donors (Lipinski definition) is 5. The average molecular weight is 881 g/mol. The molecule has 1 saturated heterocycles. The van der Waals surface area contributed by atoms with Crippen LogP contribution in [0.1, 0.15) is 82.8 Å². The first-order chi connectivity index (χ1) is 30.3. The number of nitrogens with zero attached hydrogens (tertiary/aromatic N) is 3. The predicted molar refractivity (Wildman–Crippen MR) is 238 cm³/mol. The third-order valence-corrected chi connectivity index (χ3v) is 13.5. The summed E-state index contributed by atoms with van der Waals surface area (Å²) in [5.41, 5.74) is 0.986. The van der Waals surface area contributed by atoms with Crippen molar-refractivity contribution in [1.29, 1.82) is 0 Å². The molecule has 4 bridgehead atoms. The average Bonchev–Trinajstić information content (AvgIpc) is 3.77. The number of carbonyl (C=O) groups excluding carboxylic acids is 3. The van der Waals surface area contributed by atoms with E-state index in [9.17, 15) is 34.8 Å². The van der Waals surface area contributed by atoms with Crippen LogP contribution in [-0.2, 0) is 30.3 Å². The topological polar surface area (TPSA) is 209 Å². The molecule has 3 aromatic rings. The van der Waals surface area contributed by atoms with Crippen LogP contribution < -0.4 is 20.8 Å². The Kier molecular flexibility index (Phi) is 13.1. The van der Waals surface area contributed by atoms with Crippen molar-refractivity contribution in [3.63, 3.8) is 0 Å². The van der Waals surface area contributed by atoms with E-state index in [1.54, 1.807) is 59.8 Å². The Hall–Kier alpha value is -5.61. The van der Waals surface area contributed by atoms with E-state index >= 15 is 0 Å². The van der Waals surface area contributed by atoms with Crippen molar-refractivity contribution in [2.75, 3.05) is 25.5 Å². The predicted octanol–water partition coefficient (Wildman–Crippen LogP) is 5.29. The van der Waals surface area contributed by atoms with Gasteiger partial charge in [0.25, 0.3) is 11.7 Å². The monoisotopic (exact) mass is 880 g/mol. The summed E-state index contributed by atoms with van der Waals surface area (Å²) in [5, 5.41) is 50.7. The van der Waals surface area contributed by atoms with E-state index in [4.69, 9.17) is 23.9 Å². The molecule has 64 heavy (non-hydrogen) atoms. The molecule has 342 valence electrons. The number of likely N-dealkylation sites (tertiary alicyclic amines) is 1. The third kappa shape index (κ3) is 8.53. The first-order valence-corrected chi connectivity index (χ1v) is 21.9. The lowest BCUT2D eigenvalue weighted by Gasteiger charge is -2.38. The zero-order chi connectivity index (χ0) is 46.4. The van der Waals surface area contributed by atoms with Crippen LogP contribution in [-0.4, -0.2) is 99.1 Å². The molecule has 0 radical (unpaired) electrons. The van der Waals surface area contributed by atoms with Gasteiger partial charge in [-0.1, -0.05) is 76.3 Å². The number of hydrogen-bond acceptors (Lipinski definition) is 14. The van der Waals surface area contributed by atoms with E-state index in [1.807, 2.05) is 18.2 Å². The van der Waals surface area contributed by atoms with Crippen molar-refractivity contribution in [3.8, 4) is 17.2 Å². The lowest BCUT2D eigenvalue weighted by molar-refractivity contribution is -0.160. The molecule has 5 N–H and O–H groups in total. The molecule has 0 aromatic heterocycles. The molecule has 15 nitrogen and oxygen atoms in total. The molecule has 4 aliphatic rings. The number of amides is 1. The Balaban J connectivity index is 1.38. The smallest absolute Gasteiger partial charge is 0.312 e. The van der Waals surface area contributed by atoms with Crippen LogP contribution >= 0.6 is 0 Å². The van der Waals surface area contributed by atoms with Gasteiger partial charge in [0.2, 0.25) is 0 Å². The van der Waals surface area contributed by atoms with Gasteiger partial charge in [0.15, 0.2) is 5.75 Å². The van der Waals surface area contributed by atoms with Gasteiger partial charge in [0.1, 0.15) is 34.0 Å². The molecule has 0 unspecified atom stereocenters. The summed E-state index contributed by atoms with van der Waals surface area (Å²) in [6.07, 6.45) is 4.96. The molecule has 1 fully saturated rings.